The summed E-state index contributed by atoms with van der Waals surface area (Å²) in [4.78, 5) is 13.9. The van der Waals surface area contributed by atoms with Gasteiger partial charge in [-0.15, -0.1) is 5.10 Å². The van der Waals surface area contributed by atoms with E-state index >= 15 is 0 Å². The Balaban J connectivity index is 1.61. The van der Waals surface area contributed by atoms with Crippen LogP contribution in [0.3, 0.4) is 0 Å². The Morgan fingerprint density at radius 1 is 1.32 bits per heavy atom. The lowest BCUT2D eigenvalue weighted by molar-refractivity contribution is -0.127. The number of ether oxygens (including phenoxy) is 1. The van der Waals surface area contributed by atoms with Gasteiger partial charge in [0, 0.05) is 7.05 Å². The summed E-state index contributed by atoms with van der Waals surface area (Å²) in [6, 6.07) is 11.0. The average molecular weight is 359 g/mol. The molecule has 0 aliphatic carbocycles. The van der Waals surface area contributed by atoms with Gasteiger partial charge in [0.2, 0.25) is 11.1 Å². The van der Waals surface area contributed by atoms with Crippen LogP contribution >= 0.6 is 11.8 Å². The molecule has 1 aromatic carbocycles. The third-order valence-corrected chi connectivity index (χ3v) is 4.39. The van der Waals surface area contributed by atoms with Gasteiger partial charge in [-0.05, 0) is 46.8 Å². The van der Waals surface area contributed by atoms with Gasteiger partial charge in [-0.25, -0.2) is 0 Å². The molecule has 1 amide bonds. The third kappa shape index (κ3) is 4.18. The molecule has 0 bridgehead atoms. The number of amides is 1. The molecule has 2 aromatic heterocycles. The standard InChI is InChI=1S/C16H17N5O3S/c1-20(10-14-4-3-9-24-14)15(22)11-25-16-17-18-19-21(16)12-5-7-13(23-2)8-6-12/h3-9H,10-11H2,1-2H3. The first-order valence-electron chi connectivity index (χ1n) is 7.49. The number of carbonyl (C=O) groups excluding carboxylic acids is 1. The number of furan rings is 1. The van der Waals surface area contributed by atoms with Crippen molar-refractivity contribution < 1.29 is 13.9 Å². The quantitative estimate of drug-likeness (QED) is 0.596. The number of benzene rings is 1. The molecule has 0 aliphatic rings. The van der Waals surface area contributed by atoms with E-state index in [1.54, 1.807) is 36.1 Å². The van der Waals surface area contributed by atoms with Crippen molar-refractivity contribution >= 4 is 17.7 Å². The fourth-order valence-electron chi connectivity index (χ4n) is 2.12. The van der Waals surface area contributed by atoms with Crippen molar-refractivity contribution in [1.82, 2.24) is 25.1 Å². The summed E-state index contributed by atoms with van der Waals surface area (Å²) >= 11 is 1.28. The van der Waals surface area contributed by atoms with E-state index in [1.165, 1.54) is 11.8 Å². The van der Waals surface area contributed by atoms with Gasteiger partial charge in [0.25, 0.3) is 0 Å². The van der Waals surface area contributed by atoms with Crippen LogP contribution in [0, 0.1) is 0 Å². The van der Waals surface area contributed by atoms with Gasteiger partial charge in [0.15, 0.2) is 0 Å². The number of nitrogens with zero attached hydrogens (tertiary/aromatic N) is 5. The van der Waals surface area contributed by atoms with Crippen molar-refractivity contribution in [2.24, 2.45) is 0 Å². The molecule has 0 spiro atoms. The first-order chi connectivity index (χ1) is 12.2. The van der Waals surface area contributed by atoms with Crippen LogP contribution in [0.4, 0.5) is 0 Å². The van der Waals surface area contributed by atoms with E-state index < -0.39 is 0 Å². The molecule has 0 fully saturated rings. The summed E-state index contributed by atoms with van der Waals surface area (Å²) in [5.41, 5.74) is 0.796. The van der Waals surface area contributed by atoms with Crippen LogP contribution in [-0.4, -0.2) is 50.9 Å². The van der Waals surface area contributed by atoms with Crippen LogP contribution in [0.25, 0.3) is 5.69 Å². The van der Waals surface area contributed by atoms with E-state index in [2.05, 4.69) is 15.5 Å². The largest absolute Gasteiger partial charge is 0.497 e. The molecule has 9 heteroatoms. The summed E-state index contributed by atoms with van der Waals surface area (Å²) in [6.45, 7) is 0.426. The van der Waals surface area contributed by atoms with Crippen LogP contribution in [0.15, 0.2) is 52.2 Å². The Morgan fingerprint density at radius 2 is 2.12 bits per heavy atom. The van der Waals surface area contributed by atoms with Gasteiger partial charge in [0.05, 0.1) is 31.4 Å². The summed E-state index contributed by atoms with van der Waals surface area (Å²) in [5, 5.41) is 12.2. The molecule has 3 rings (SSSR count). The number of aromatic nitrogens is 4. The van der Waals surface area contributed by atoms with E-state index in [1.807, 2.05) is 30.3 Å². The Kier molecular flexibility index (Phi) is 5.34. The minimum atomic E-state index is -0.0364. The molecular formula is C16H17N5O3S. The number of hydrogen-bond acceptors (Lipinski definition) is 7. The SMILES string of the molecule is COc1ccc(-n2nnnc2SCC(=O)N(C)Cc2ccco2)cc1. The van der Waals surface area contributed by atoms with Gasteiger partial charge in [-0.2, -0.15) is 4.68 Å². The Bertz CT molecular complexity index is 817. The van der Waals surface area contributed by atoms with Crippen LogP contribution in [0.5, 0.6) is 5.75 Å². The zero-order valence-corrected chi connectivity index (χ0v) is 14.6. The van der Waals surface area contributed by atoms with E-state index in [0.717, 1.165) is 17.2 Å². The molecule has 0 aliphatic heterocycles. The van der Waals surface area contributed by atoms with Crippen LogP contribution < -0.4 is 4.74 Å². The molecule has 0 N–H and O–H groups in total. The fraction of sp³-hybridized carbons (Fsp3) is 0.250. The van der Waals surface area contributed by atoms with Crippen molar-refractivity contribution in [3.63, 3.8) is 0 Å². The summed E-state index contributed by atoms with van der Waals surface area (Å²) in [6.07, 6.45) is 1.59. The van der Waals surface area contributed by atoms with Crippen molar-refractivity contribution in [2.45, 2.75) is 11.7 Å². The van der Waals surface area contributed by atoms with Crippen molar-refractivity contribution in [3.05, 3.63) is 48.4 Å². The number of thioether (sulfide) groups is 1. The van der Waals surface area contributed by atoms with E-state index in [-0.39, 0.29) is 11.7 Å². The van der Waals surface area contributed by atoms with Crippen molar-refractivity contribution in [3.8, 4) is 11.4 Å². The minimum Gasteiger partial charge on any atom is -0.497 e. The first kappa shape index (κ1) is 17.0. The predicted molar refractivity (Wildman–Crippen MR) is 91.6 cm³/mol. The summed E-state index contributed by atoms with van der Waals surface area (Å²) in [7, 11) is 3.34. The van der Waals surface area contributed by atoms with Gasteiger partial charge in [-0.1, -0.05) is 11.8 Å². The molecule has 130 valence electrons. The summed E-state index contributed by atoms with van der Waals surface area (Å²) < 4.78 is 12.0. The maximum Gasteiger partial charge on any atom is 0.233 e. The Morgan fingerprint density at radius 3 is 2.80 bits per heavy atom. The van der Waals surface area contributed by atoms with E-state index in [0.29, 0.717) is 11.7 Å². The molecule has 0 saturated carbocycles. The van der Waals surface area contributed by atoms with Gasteiger partial charge < -0.3 is 14.1 Å². The van der Waals surface area contributed by atoms with Crippen LogP contribution in [0.2, 0.25) is 0 Å². The number of hydrogen-bond donors (Lipinski definition) is 0. The van der Waals surface area contributed by atoms with Crippen molar-refractivity contribution in [1.29, 1.82) is 0 Å². The number of tetrazole rings is 1. The lowest BCUT2D eigenvalue weighted by Crippen LogP contribution is -2.27. The average Bonchev–Trinajstić information content (AvgIpc) is 3.31. The normalized spacial score (nSPS) is 10.6. The molecule has 0 atom stereocenters. The van der Waals surface area contributed by atoms with Crippen molar-refractivity contribution in [2.75, 3.05) is 19.9 Å². The lowest BCUT2D eigenvalue weighted by atomic mass is 10.3. The highest BCUT2D eigenvalue weighted by Gasteiger charge is 2.15. The molecule has 2 heterocycles. The van der Waals surface area contributed by atoms with Gasteiger partial charge in [0.1, 0.15) is 11.5 Å². The second kappa shape index (κ2) is 7.84. The molecule has 25 heavy (non-hydrogen) atoms. The lowest BCUT2D eigenvalue weighted by Gasteiger charge is -2.15. The van der Waals surface area contributed by atoms with Gasteiger partial charge in [-0.3, -0.25) is 4.79 Å². The highest BCUT2D eigenvalue weighted by atomic mass is 32.2. The Hall–Kier alpha value is -2.81. The molecule has 0 radical (unpaired) electrons. The minimum absolute atomic E-state index is 0.0364. The number of methoxy groups -OCH3 is 1. The maximum absolute atomic E-state index is 12.3. The zero-order chi connectivity index (χ0) is 17.6. The highest BCUT2D eigenvalue weighted by Crippen LogP contribution is 2.20. The molecule has 8 nitrogen and oxygen atoms in total. The fourth-order valence-corrected chi connectivity index (χ4v) is 2.95. The Labute approximate surface area is 148 Å². The van der Waals surface area contributed by atoms with E-state index in [9.17, 15) is 4.79 Å². The second-order valence-electron chi connectivity index (χ2n) is 5.19. The highest BCUT2D eigenvalue weighted by molar-refractivity contribution is 7.99. The number of carbonyl (C=O) groups is 1. The summed E-state index contributed by atoms with van der Waals surface area (Å²) in [5.74, 6) is 1.68. The number of rotatable bonds is 7. The van der Waals surface area contributed by atoms with Crippen LogP contribution in [-0.2, 0) is 11.3 Å². The first-order valence-corrected chi connectivity index (χ1v) is 8.48. The maximum atomic E-state index is 12.3. The predicted octanol–water partition coefficient (Wildman–Crippen LogP) is 2.01. The molecule has 3 aromatic rings. The molecule has 0 unspecified atom stereocenters. The molecular weight excluding hydrogens is 342 g/mol. The van der Waals surface area contributed by atoms with E-state index in [4.69, 9.17) is 9.15 Å². The topological polar surface area (TPSA) is 86.3 Å². The monoisotopic (exact) mass is 359 g/mol. The molecule has 0 saturated heterocycles. The second-order valence-corrected chi connectivity index (χ2v) is 6.13. The third-order valence-electron chi connectivity index (χ3n) is 3.48. The van der Waals surface area contributed by atoms with Crippen LogP contribution in [0.1, 0.15) is 5.76 Å². The zero-order valence-electron chi connectivity index (χ0n) is 13.8. The smallest absolute Gasteiger partial charge is 0.233 e. The van der Waals surface area contributed by atoms with Gasteiger partial charge >= 0.3 is 0 Å².